The van der Waals surface area contributed by atoms with E-state index in [1.54, 1.807) is 24.3 Å². The van der Waals surface area contributed by atoms with Gasteiger partial charge in [-0.2, -0.15) is 5.26 Å². The van der Waals surface area contributed by atoms with Gasteiger partial charge >= 0.3 is 0 Å². The standard InChI is InChI=1S/C12H8ClN3O/c13-9-2-1-3-10(6-9)17-12-11(15)8(7-14)4-5-16-12/h1-6H,15H2. The van der Waals surface area contributed by atoms with Crippen LogP contribution in [-0.2, 0) is 0 Å². The summed E-state index contributed by atoms with van der Waals surface area (Å²) in [4.78, 5) is 3.97. The minimum absolute atomic E-state index is 0.200. The summed E-state index contributed by atoms with van der Waals surface area (Å²) in [6, 6.07) is 10.3. The van der Waals surface area contributed by atoms with Crippen LogP contribution in [-0.4, -0.2) is 4.98 Å². The van der Waals surface area contributed by atoms with E-state index < -0.39 is 0 Å². The molecular weight excluding hydrogens is 238 g/mol. The first kappa shape index (κ1) is 11.2. The minimum Gasteiger partial charge on any atom is -0.437 e. The van der Waals surface area contributed by atoms with E-state index in [2.05, 4.69) is 4.98 Å². The van der Waals surface area contributed by atoms with Crippen molar-refractivity contribution in [1.29, 1.82) is 5.26 Å². The third kappa shape index (κ3) is 2.47. The predicted octanol–water partition coefficient (Wildman–Crippen LogP) is 2.98. The maximum atomic E-state index is 8.82. The molecule has 0 atom stereocenters. The average Bonchev–Trinajstić information content (AvgIpc) is 2.32. The van der Waals surface area contributed by atoms with Crippen LogP contribution in [0.5, 0.6) is 11.6 Å². The van der Waals surface area contributed by atoms with Crippen LogP contribution in [0.15, 0.2) is 36.5 Å². The molecule has 0 bridgehead atoms. The predicted molar refractivity (Wildman–Crippen MR) is 64.9 cm³/mol. The highest BCUT2D eigenvalue weighted by molar-refractivity contribution is 6.30. The fourth-order valence-corrected chi connectivity index (χ4v) is 1.46. The topological polar surface area (TPSA) is 71.9 Å². The van der Waals surface area contributed by atoms with Gasteiger partial charge in [0.2, 0.25) is 5.88 Å². The molecule has 84 valence electrons. The van der Waals surface area contributed by atoms with Crippen molar-refractivity contribution >= 4 is 17.3 Å². The van der Waals surface area contributed by atoms with Crippen LogP contribution in [0.4, 0.5) is 5.69 Å². The number of benzene rings is 1. The number of rotatable bonds is 2. The lowest BCUT2D eigenvalue weighted by molar-refractivity contribution is 0.465. The number of ether oxygens (including phenoxy) is 1. The zero-order chi connectivity index (χ0) is 12.3. The molecule has 0 fully saturated rings. The van der Waals surface area contributed by atoms with E-state index in [4.69, 9.17) is 27.3 Å². The monoisotopic (exact) mass is 245 g/mol. The smallest absolute Gasteiger partial charge is 0.244 e. The van der Waals surface area contributed by atoms with Crippen LogP contribution in [0.1, 0.15) is 5.56 Å². The fraction of sp³-hybridized carbons (Fsp3) is 0. The molecule has 2 rings (SSSR count). The lowest BCUT2D eigenvalue weighted by atomic mass is 10.2. The van der Waals surface area contributed by atoms with Gasteiger partial charge < -0.3 is 10.5 Å². The molecule has 2 N–H and O–H groups in total. The molecule has 0 aliphatic carbocycles. The molecule has 0 amide bonds. The molecule has 0 spiro atoms. The molecule has 0 saturated carbocycles. The van der Waals surface area contributed by atoms with Crippen LogP contribution in [0.25, 0.3) is 0 Å². The molecule has 0 aliphatic heterocycles. The first-order chi connectivity index (χ1) is 8.20. The maximum absolute atomic E-state index is 8.82. The van der Waals surface area contributed by atoms with E-state index in [0.717, 1.165) is 0 Å². The average molecular weight is 246 g/mol. The molecule has 1 aromatic heterocycles. The van der Waals surface area contributed by atoms with Gasteiger partial charge in [0.1, 0.15) is 17.5 Å². The van der Waals surface area contributed by atoms with Crippen molar-refractivity contribution in [3.8, 4) is 17.7 Å². The van der Waals surface area contributed by atoms with Crippen molar-refractivity contribution in [2.75, 3.05) is 5.73 Å². The van der Waals surface area contributed by atoms with E-state index in [-0.39, 0.29) is 11.6 Å². The summed E-state index contributed by atoms with van der Waals surface area (Å²) in [7, 11) is 0. The molecular formula is C12H8ClN3O. The third-order valence-electron chi connectivity index (χ3n) is 2.08. The number of nitrogen functional groups attached to an aromatic ring is 1. The van der Waals surface area contributed by atoms with Gasteiger partial charge in [-0.05, 0) is 24.3 Å². The Morgan fingerprint density at radius 1 is 1.35 bits per heavy atom. The number of pyridine rings is 1. The molecule has 2 aromatic rings. The number of nitrogens with zero attached hydrogens (tertiary/aromatic N) is 2. The molecule has 17 heavy (non-hydrogen) atoms. The molecule has 4 nitrogen and oxygen atoms in total. The van der Waals surface area contributed by atoms with Crippen molar-refractivity contribution in [3.05, 3.63) is 47.1 Å². The highest BCUT2D eigenvalue weighted by Crippen LogP contribution is 2.28. The summed E-state index contributed by atoms with van der Waals surface area (Å²) in [5.41, 5.74) is 6.28. The van der Waals surface area contributed by atoms with Crippen molar-refractivity contribution in [3.63, 3.8) is 0 Å². The molecule has 0 radical (unpaired) electrons. The normalized spacial score (nSPS) is 9.65. The van der Waals surface area contributed by atoms with Crippen molar-refractivity contribution < 1.29 is 4.74 Å². The second-order valence-electron chi connectivity index (χ2n) is 3.25. The first-order valence-corrected chi connectivity index (χ1v) is 5.16. The van der Waals surface area contributed by atoms with Gasteiger partial charge in [-0.1, -0.05) is 17.7 Å². The number of nitriles is 1. The van der Waals surface area contributed by atoms with E-state index in [0.29, 0.717) is 16.3 Å². The summed E-state index contributed by atoms with van der Waals surface area (Å²) in [5, 5.41) is 9.37. The van der Waals surface area contributed by atoms with E-state index in [9.17, 15) is 0 Å². The molecule has 1 heterocycles. The Bertz CT molecular complexity index is 593. The fourth-order valence-electron chi connectivity index (χ4n) is 1.27. The first-order valence-electron chi connectivity index (χ1n) is 4.78. The van der Waals surface area contributed by atoms with Crippen molar-refractivity contribution in [2.45, 2.75) is 0 Å². The summed E-state index contributed by atoms with van der Waals surface area (Å²) in [6.07, 6.45) is 1.47. The molecule has 5 heteroatoms. The van der Waals surface area contributed by atoms with Crippen LogP contribution in [0.2, 0.25) is 5.02 Å². The van der Waals surface area contributed by atoms with E-state index >= 15 is 0 Å². The second-order valence-corrected chi connectivity index (χ2v) is 3.69. The Kier molecular flexibility index (Phi) is 3.12. The summed E-state index contributed by atoms with van der Waals surface area (Å²) >= 11 is 5.83. The second kappa shape index (κ2) is 4.73. The zero-order valence-electron chi connectivity index (χ0n) is 8.72. The van der Waals surface area contributed by atoms with Gasteiger partial charge in [0.15, 0.2) is 0 Å². The van der Waals surface area contributed by atoms with Crippen LogP contribution < -0.4 is 10.5 Å². The maximum Gasteiger partial charge on any atom is 0.244 e. The summed E-state index contributed by atoms with van der Waals surface area (Å²) in [6.45, 7) is 0. The number of hydrogen-bond acceptors (Lipinski definition) is 4. The number of halogens is 1. The summed E-state index contributed by atoms with van der Waals surface area (Å²) < 4.78 is 5.46. The van der Waals surface area contributed by atoms with Gasteiger partial charge in [0.25, 0.3) is 0 Å². The van der Waals surface area contributed by atoms with Crippen molar-refractivity contribution in [2.24, 2.45) is 0 Å². The lowest BCUT2D eigenvalue weighted by Crippen LogP contribution is -1.97. The number of aromatic nitrogens is 1. The Balaban J connectivity index is 2.34. The Hall–Kier alpha value is -2.25. The molecule has 0 aliphatic rings. The quantitative estimate of drug-likeness (QED) is 0.883. The highest BCUT2D eigenvalue weighted by Gasteiger charge is 2.08. The Morgan fingerprint density at radius 3 is 2.88 bits per heavy atom. The largest absolute Gasteiger partial charge is 0.437 e. The summed E-state index contributed by atoms with van der Waals surface area (Å²) in [5.74, 6) is 0.720. The van der Waals surface area contributed by atoms with E-state index in [1.165, 1.54) is 12.3 Å². The zero-order valence-corrected chi connectivity index (χ0v) is 9.48. The van der Waals surface area contributed by atoms with Gasteiger partial charge in [-0.3, -0.25) is 0 Å². The minimum atomic E-state index is 0.200. The molecule has 0 saturated heterocycles. The van der Waals surface area contributed by atoms with Gasteiger partial charge in [0, 0.05) is 11.2 Å². The SMILES string of the molecule is N#Cc1ccnc(Oc2cccc(Cl)c2)c1N. The third-order valence-corrected chi connectivity index (χ3v) is 2.32. The molecule has 1 aromatic carbocycles. The van der Waals surface area contributed by atoms with Gasteiger partial charge in [-0.15, -0.1) is 0 Å². The Morgan fingerprint density at radius 2 is 2.18 bits per heavy atom. The number of anilines is 1. The highest BCUT2D eigenvalue weighted by atomic mass is 35.5. The number of nitrogens with two attached hydrogens (primary N) is 1. The molecule has 0 unspecified atom stereocenters. The van der Waals surface area contributed by atoms with Gasteiger partial charge in [0.05, 0.1) is 5.56 Å². The van der Waals surface area contributed by atoms with Crippen LogP contribution in [0, 0.1) is 11.3 Å². The number of hydrogen-bond donors (Lipinski definition) is 1. The van der Waals surface area contributed by atoms with E-state index in [1.807, 2.05) is 6.07 Å². The van der Waals surface area contributed by atoms with Gasteiger partial charge in [-0.25, -0.2) is 4.98 Å². The van der Waals surface area contributed by atoms with Crippen molar-refractivity contribution in [1.82, 2.24) is 4.98 Å². The lowest BCUT2D eigenvalue weighted by Gasteiger charge is -2.07. The van der Waals surface area contributed by atoms with Crippen LogP contribution in [0.3, 0.4) is 0 Å². The van der Waals surface area contributed by atoms with Crippen LogP contribution >= 0.6 is 11.6 Å². The Labute approximate surface area is 103 Å².